The van der Waals surface area contributed by atoms with Gasteiger partial charge in [-0.15, -0.1) is 0 Å². The van der Waals surface area contributed by atoms with E-state index in [0.29, 0.717) is 30.4 Å². The molecule has 3 N–H and O–H groups in total. The lowest BCUT2D eigenvalue weighted by Gasteiger charge is -2.08. The maximum atomic E-state index is 11.8. The minimum Gasteiger partial charge on any atom is -0.497 e. The van der Waals surface area contributed by atoms with Crippen LogP contribution >= 0.6 is 0 Å². The van der Waals surface area contributed by atoms with Gasteiger partial charge in [0, 0.05) is 24.7 Å². The summed E-state index contributed by atoms with van der Waals surface area (Å²) >= 11 is 0. The third-order valence-electron chi connectivity index (χ3n) is 2.96. The van der Waals surface area contributed by atoms with Gasteiger partial charge in [-0.2, -0.15) is 0 Å². The first-order chi connectivity index (χ1) is 9.69. The molecular formula is C14H19N3O3. The molecule has 0 aliphatic heterocycles. The number of amides is 3. The largest absolute Gasteiger partial charge is 0.497 e. The first-order valence-corrected chi connectivity index (χ1v) is 6.65. The molecule has 6 heteroatoms. The Hall–Kier alpha value is -2.24. The van der Waals surface area contributed by atoms with Crippen LogP contribution in [0.4, 0.5) is 4.79 Å². The van der Waals surface area contributed by atoms with Crippen LogP contribution in [0, 0.1) is 0 Å². The molecule has 6 nitrogen and oxygen atoms in total. The fourth-order valence-corrected chi connectivity index (χ4v) is 1.66. The van der Waals surface area contributed by atoms with Crippen molar-refractivity contribution >= 4 is 11.9 Å². The second-order valence-corrected chi connectivity index (χ2v) is 4.66. The van der Waals surface area contributed by atoms with Crippen LogP contribution in [0.2, 0.25) is 0 Å². The summed E-state index contributed by atoms with van der Waals surface area (Å²) in [5, 5.41) is 8.24. The number of carbonyl (C=O) groups is 2. The van der Waals surface area contributed by atoms with E-state index in [1.54, 1.807) is 31.4 Å². The van der Waals surface area contributed by atoms with E-state index >= 15 is 0 Å². The maximum absolute atomic E-state index is 11.8. The number of hydrogen-bond donors (Lipinski definition) is 3. The molecule has 108 valence electrons. The fourth-order valence-electron chi connectivity index (χ4n) is 1.66. The monoisotopic (exact) mass is 277 g/mol. The summed E-state index contributed by atoms with van der Waals surface area (Å²) in [5.74, 6) is 0.539. The molecule has 1 saturated carbocycles. The quantitative estimate of drug-likeness (QED) is 0.676. The maximum Gasteiger partial charge on any atom is 0.315 e. The lowest BCUT2D eigenvalue weighted by atomic mass is 10.2. The number of ether oxygens (including phenoxy) is 1. The zero-order chi connectivity index (χ0) is 14.4. The van der Waals surface area contributed by atoms with Gasteiger partial charge >= 0.3 is 6.03 Å². The minimum absolute atomic E-state index is 0.169. The molecule has 0 radical (unpaired) electrons. The number of nitrogens with one attached hydrogen (secondary N) is 3. The van der Waals surface area contributed by atoms with E-state index < -0.39 is 0 Å². The van der Waals surface area contributed by atoms with Gasteiger partial charge in [-0.1, -0.05) is 0 Å². The van der Waals surface area contributed by atoms with E-state index in [9.17, 15) is 9.59 Å². The molecule has 1 fully saturated rings. The predicted molar refractivity (Wildman–Crippen MR) is 74.9 cm³/mol. The van der Waals surface area contributed by atoms with E-state index in [1.807, 2.05) is 0 Å². The lowest BCUT2D eigenvalue weighted by Crippen LogP contribution is -2.41. The van der Waals surface area contributed by atoms with E-state index in [0.717, 1.165) is 12.8 Å². The Bertz CT molecular complexity index is 469. The van der Waals surface area contributed by atoms with E-state index in [-0.39, 0.29) is 11.9 Å². The van der Waals surface area contributed by atoms with Crippen molar-refractivity contribution in [3.8, 4) is 5.75 Å². The number of hydrogen-bond acceptors (Lipinski definition) is 3. The van der Waals surface area contributed by atoms with Crippen LogP contribution in [0.3, 0.4) is 0 Å². The van der Waals surface area contributed by atoms with Crippen LogP contribution in [-0.4, -0.2) is 38.2 Å². The molecule has 0 bridgehead atoms. The van der Waals surface area contributed by atoms with Crippen LogP contribution < -0.4 is 20.7 Å². The van der Waals surface area contributed by atoms with Gasteiger partial charge < -0.3 is 20.7 Å². The molecule has 0 heterocycles. The number of benzene rings is 1. The molecule has 0 atom stereocenters. The van der Waals surface area contributed by atoms with Gasteiger partial charge in [0.1, 0.15) is 5.75 Å². The molecule has 20 heavy (non-hydrogen) atoms. The van der Waals surface area contributed by atoms with Crippen molar-refractivity contribution in [2.24, 2.45) is 0 Å². The SMILES string of the molecule is COc1ccc(C(=O)NCCNC(=O)NC2CC2)cc1. The molecule has 0 saturated heterocycles. The van der Waals surface area contributed by atoms with Gasteiger partial charge in [-0.25, -0.2) is 4.79 Å². The summed E-state index contributed by atoms with van der Waals surface area (Å²) in [7, 11) is 1.58. The summed E-state index contributed by atoms with van der Waals surface area (Å²) in [6, 6.07) is 7.02. The fraction of sp³-hybridized carbons (Fsp3) is 0.429. The molecule has 1 aromatic carbocycles. The molecule has 3 amide bonds. The predicted octanol–water partition coefficient (Wildman–Crippen LogP) is 0.887. The zero-order valence-corrected chi connectivity index (χ0v) is 11.4. The topological polar surface area (TPSA) is 79.5 Å². The Morgan fingerprint density at radius 3 is 2.40 bits per heavy atom. The summed E-state index contributed by atoms with van der Waals surface area (Å²) in [6.45, 7) is 0.795. The third-order valence-corrected chi connectivity index (χ3v) is 2.96. The Morgan fingerprint density at radius 2 is 1.80 bits per heavy atom. The van der Waals surface area contributed by atoms with Crippen LogP contribution in [0.5, 0.6) is 5.75 Å². The highest BCUT2D eigenvalue weighted by atomic mass is 16.5. The standard InChI is InChI=1S/C14H19N3O3/c1-20-12-6-2-10(3-7-12)13(18)15-8-9-16-14(19)17-11-4-5-11/h2-3,6-7,11H,4-5,8-9H2,1H3,(H,15,18)(H2,16,17,19). The number of methoxy groups -OCH3 is 1. The molecule has 0 unspecified atom stereocenters. The highest BCUT2D eigenvalue weighted by Gasteiger charge is 2.22. The number of urea groups is 1. The second kappa shape index (κ2) is 6.79. The molecule has 1 aliphatic carbocycles. The van der Waals surface area contributed by atoms with E-state index in [4.69, 9.17) is 4.74 Å². The summed E-state index contributed by atoms with van der Waals surface area (Å²) in [4.78, 5) is 23.1. The lowest BCUT2D eigenvalue weighted by molar-refractivity contribution is 0.0954. The molecule has 1 aliphatic rings. The molecule has 0 aromatic heterocycles. The molecule has 1 aromatic rings. The third kappa shape index (κ3) is 4.46. The Labute approximate surface area is 117 Å². The van der Waals surface area contributed by atoms with Crippen molar-refractivity contribution in [1.29, 1.82) is 0 Å². The van der Waals surface area contributed by atoms with Crippen molar-refractivity contribution in [1.82, 2.24) is 16.0 Å². The first-order valence-electron chi connectivity index (χ1n) is 6.65. The highest BCUT2D eigenvalue weighted by Crippen LogP contribution is 2.18. The summed E-state index contributed by atoms with van der Waals surface area (Å²) in [5.41, 5.74) is 0.563. The van der Waals surface area contributed by atoms with Crippen molar-refractivity contribution in [3.63, 3.8) is 0 Å². The van der Waals surface area contributed by atoms with Crippen LogP contribution in [-0.2, 0) is 0 Å². The van der Waals surface area contributed by atoms with Crippen molar-refractivity contribution in [2.75, 3.05) is 20.2 Å². The Kier molecular flexibility index (Phi) is 4.81. The van der Waals surface area contributed by atoms with Gasteiger partial charge in [-0.3, -0.25) is 4.79 Å². The van der Waals surface area contributed by atoms with Crippen molar-refractivity contribution < 1.29 is 14.3 Å². The van der Waals surface area contributed by atoms with Gasteiger partial charge in [0.05, 0.1) is 7.11 Å². The van der Waals surface area contributed by atoms with Gasteiger partial charge in [0.2, 0.25) is 0 Å². The van der Waals surface area contributed by atoms with Crippen molar-refractivity contribution in [3.05, 3.63) is 29.8 Å². The van der Waals surface area contributed by atoms with Crippen LogP contribution in [0.25, 0.3) is 0 Å². The molecule has 0 spiro atoms. The number of rotatable bonds is 6. The molecular weight excluding hydrogens is 258 g/mol. The van der Waals surface area contributed by atoms with E-state index in [2.05, 4.69) is 16.0 Å². The minimum atomic E-state index is -0.175. The second-order valence-electron chi connectivity index (χ2n) is 4.66. The molecule has 2 rings (SSSR count). The summed E-state index contributed by atoms with van der Waals surface area (Å²) < 4.78 is 5.02. The van der Waals surface area contributed by atoms with Crippen LogP contribution in [0.1, 0.15) is 23.2 Å². The van der Waals surface area contributed by atoms with Crippen LogP contribution in [0.15, 0.2) is 24.3 Å². The summed E-state index contributed by atoms with van der Waals surface area (Å²) in [6.07, 6.45) is 2.11. The number of carbonyl (C=O) groups excluding carboxylic acids is 2. The highest BCUT2D eigenvalue weighted by molar-refractivity contribution is 5.94. The first kappa shape index (κ1) is 14.2. The zero-order valence-electron chi connectivity index (χ0n) is 11.4. The Morgan fingerprint density at radius 1 is 1.15 bits per heavy atom. The van der Waals surface area contributed by atoms with Gasteiger partial charge in [-0.05, 0) is 37.1 Å². The average molecular weight is 277 g/mol. The normalized spacial score (nSPS) is 13.4. The van der Waals surface area contributed by atoms with E-state index in [1.165, 1.54) is 0 Å². The Balaban J connectivity index is 1.64. The van der Waals surface area contributed by atoms with Crippen molar-refractivity contribution in [2.45, 2.75) is 18.9 Å². The van der Waals surface area contributed by atoms with Gasteiger partial charge in [0.15, 0.2) is 0 Å². The van der Waals surface area contributed by atoms with Gasteiger partial charge in [0.25, 0.3) is 5.91 Å². The average Bonchev–Trinajstić information content (AvgIpc) is 3.27. The smallest absolute Gasteiger partial charge is 0.315 e.